The van der Waals surface area contributed by atoms with Crippen molar-refractivity contribution >= 4 is 16.0 Å². The lowest BCUT2D eigenvalue weighted by molar-refractivity contribution is -0.147. The molecule has 1 fully saturated rings. The minimum atomic E-state index is -3.65. The number of carboxylic acid groups (broad SMARTS) is 1. The Balaban J connectivity index is 2.31. The Kier molecular flexibility index (Phi) is 4.39. The molecule has 1 N–H and O–H groups in total. The van der Waals surface area contributed by atoms with Gasteiger partial charge in [-0.2, -0.15) is 4.31 Å². The van der Waals surface area contributed by atoms with E-state index in [0.717, 1.165) is 0 Å². The summed E-state index contributed by atoms with van der Waals surface area (Å²) in [4.78, 5) is 11.6. The molecule has 5 nitrogen and oxygen atoms in total. The minimum absolute atomic E-state index is 0.159. The maximum Gasteiger partial charge on any atom is 0.322 e. The summed E-state index contributed by atoms with van der Waals surface area (Å²) in [5, 5.41) is 9.47. The maximum absolute atomic E-state index is 12.6. The molecule has 0 aliphatic carbocycles. The fourth-order valence-corrected chi connectivity index (χ4v) is 4.85. The molecule has 0 radical (unpaired) electrons. The van der Waals surface area contributed by atoms with Gasteiger partial charge in [0.2, 0.25) is 10.0 Å². The average molecular weight is 311 g/mol. The number of benzene rings is 1. The molecule has 1 saturated heterocycles. The molecule has 1 atom stereocenters. The van der Waals surface area contributed by atoms with Crippen LogP contribution in [0.4, 0.5) is 0 Å². The second kappa shape index (κ2) is 5.77. The van der Waals surface area contributed by atoms with Gasteiger partial charge in [-0.15, -0.1) is 0 Å². The molecule has 0 spiro atoms. The molecular formula is C15H21NO4S. The van der Waals surface area contributed by atoms with Gasteiger partial charge in [-0.25, -0.2) is 8.42 Å². The van der Waals surface area contributed by atoms with Crippen LogP contribution in [0.25, 0.3) is 0 Å². The molecule has 6 heteroatoms. The molecular weight excluding hydrogens is 290 g/mol. The standard InChI is InChI=1S/C15H21NO4S/c1-15(2)9-6-10-16(13(15)14(17)18)21(19,20)11-12-7-4-3-5-8-12/h3-5,7-8,13H,6,9-11H2,1-2H3,(H,17,18). The van der Waals surface area contributed by atoms with E-state index in [2.05, 4.69) is 0 Å². The van der Waals surface area contributed by atoms with Crippen LogP contribution < -0.4 is 0 Å². The van der Waals surface area contributed by atoms with Crippen LogP contribution in [0, 0.1) is 5.41 Å². The summed E-state index contributed by atoms with van der Waals surface area (Å²) in [6.45, 7) is 3.90. The molecule has 0 amide bonds. The zero-order valence-corrected chi connectivity index (χ0v) is 13.1. The lowest BCUT2D eigenvalue weighted by Crippen LogP contribution is -2.56. The van der Waals surface area contributed by atoms with Crippen molar-refractivity contribution in [2.24, 2.45) is 5.41 Å². The SMILES string of the molecule is CC1(C)CCCN(S(=O)(=O)Cc2ccccc2)C1C(=O)O. The first-order valence-electron chi connectivity index (χ1n) is 7.00. The summed E-state index contributed by atoms with van der Waals surface area (Å²) >= 11 is 0. The number of piperidine rings is 1. The second-order valence-electron chi connectivity index (χ2n) is 6.19. The lowest BCUT2D eigenvalue weighted by Gasteiger charge is -2.43. The molecule has 0 bridgehead atoms. The van der Waals surface area contributed by atoms with E-state index in [0.29, 0.717) is 18.4 Å². The van der Waals surface area contributed by atoms with Gasteiger partial charge in [-0.3, -0.25) is 4.79 Å². The third-order valence-corrected chi connectivity index (χ3v) is 5.82. The van der Waals surface area contributed by atoms with Gasteiger partial charge in [0.25, 0.3) is 0 Å². The van der Waals surface area contributed by atoms with Crippen molar-refractivity contribution in [3.05, 3.63) is 35.9 Å². The molecule has 21 heavy (non-hydrogen) atoms. The number of hydrogen-bond donors (Lipinski definition) is 1. The number of aliphatic carboxylic acids is 1. The molecule has 1 heterocycles. The summed E-state index contributed by atoms with van der Waals surface area (Å²) in [6, 6.07) is 7.85. The number of hydrogen-bond acceptors (Lipinski definition) is 3. The van der Waals surface area contributed by atoms with E-state index in [1.54, 1.807) is 24.3 Å². The first kappa shape index (κ1) is 16.0. The Morgan fingerprint density at radius 1 is 1.33 bits per heavy atom. The minimum Gasteiger partial charge on any atom is -0.480 e. The highest BCUT2D eigenvalue weighted by molar-refractivity contribution is 7.88. The lowest BCUT2D eigenvalue weighted by atomic mass is 9.77. The summed E-state index contributed by atoms with van der Waals surface area (Å²) in [6.07, 6.45) is 1.39. The Labute approximate surface area is 125 Å². The van der Waals surface area contributed by atoms with Gasteiger partial charge in [-0.05, 0) is 23.8 Å². The summed E-state index contributed by atoms with van der Waals surface area (Å²) < 4.78 is 26.4. The molecule has 1 unspecified atom stereocenters. The van der Waals surface area contributed by atoms with Crippen LogP contribution in [0.3, 0.4) is 0 Å². The quantitative estimate of drug-likeness (QED) is 0.924. The molecule has 116 valence electrons. The summed E-state index contributed by atoms with van der Waals surface area (Å²) in [5.41, 5.74) is 0.110. The predicted molar refractivity (Wildman–Crippen MR) is 80.2 cm³/mol. The number of sulfonamides is 1. The Hall–Kier alpha value is -1.40. The monoisotopic (exact) mass is 311 g/mol. The van der Waals surface area contributed by atoms with Crippen molar-refractivity contribution in [3.63, 3.8) is 0 Å². The molecule has 2 rings (SSSR count). The molecule has 1 aliphatic rings. The molecule has 1 aliphatic heterocycles. The van der Waals surface area contributed by atoms with E-state index in [9.17, 15) is 18.3 Å². The first-order chi connectivity index (χ1) is 9.74. The van der Waals surface area contributed by atoms with Gasteiger partial charge >= 0.3 is 5.97 Å². The van der Waals surface area contributed by atoms with Crippen molar-refractivity contribution in [2.75, 3.05) is 6.54 Å². The number of nitrogens with zero attached hydrogens (tertiary/aromatic N) is 1. The number of rotatable bonds is 4. The van der Waals surface area contributed by atoms with Crippen LogP contribution in [0.1, 0.15) is 32.3 Å². The van der Waals surface area contributed by atoms with E-state index >= 15 is 0 Å². The Morgan fingerprint density at radius 2 is 1.95 bits per heavy atom. The molecule has 0 saturated carbocycles. The van der Waals surface area contributed by atoms with Gasteiger partial charge in [-0.1, -0.05) is 44.2 Å². The zero-order chi connectivity index (χ0) is 15.7. The maximum atomic E-state index is 12.6. The summed E-state index contributed by atoms with van der Waals surface area (Å²) in [7, 11) is -3.65. The van der Waals surface area contributed by atoms with E-state index in [-0.39, 0.29) is 12.3 Å². The highest BCUT2D eigenvalue weighted by atomic mass is 32.2. The van der Waals surface area contributed by atoms with Gasteiger partial charge in [0.05, 0.1) is 5.75 Å². The van der Waals surface area contributed by atoms with E-state index in [4.69, 9.17) is 0 Å². The first-order valence-corrected chi connectivity index (χ1v) is 8.61. The largest absolute Gasteiger partial charge is 0.480 e. The van der Waals surface area contributed by atoms with Crippen LogP contribution in [-0.2, 0) is 20.6 Å². The van der Waals surface area contributed by atoms with Crippen LogP contribution in [0.15, 0.2) is 30.3 Å². The van der Waals surface area contributed by atoms with Crippen LogP contribution >= 0.6 is 0 Å². The third-order valence-electron chi connectivity index (χ3n) is 4.01. The van der Waals surface area contributed by atoms with E-state index in [1.807, 2.05) is 19.9 Å². The van der Waals surface area contributed by atoms with Gasteiger partial charge in [0, 0.05) is 6.54 Å². The van der Waals surface area contributed by atoms with Crippen molar-refractivity contribution in [2.45, 2.75) is 38.5 Å². The molecule has 1 aromatic carbocycles. The van der Waals surface area contributed by atoms with Crippen LogP contribution in [0.2, 0.25) is 0 Å². The summed E-state index contributed by atoms with van der Waals surface area (Å²) in [5.74, 6) is -1.23. The van der Waals surface area contributed by atoms with Crippen LogP contribution in [0.5, 0.6) is 0 Å². The second-order valence-corrected chi connectivity index (χ2v) is 8.11. The van der Waals surface area contributed by atoms with E-state index < -0.39 is 27.4 Å². The van der Waals surface area contributed by atoms with Crippen molar-refractivity contribution < 1.29 is 18.3 Å². The third kappa shape index (κ3) is 3.44. The van der Waals surface area contributed by atoms with E-state index in [1.165, 1.54) is 4.31 Å². The highest BCUT2D eigenvalue weighted by Gasteiger charge is 2.47. The number of carbonyl (C=O) groups is 1. The smallest absolute Gasteiger partial charge is 0.322 e. The van der Waals surface area contributed by atoms with Crippen molar-refractivity contribution in [1.82, 2.24) is 4.31 Å². The van der Waals surface area contributed by atoms with Gasteiger partial charge < -0.3 is 5.11 Å². The Bertz CT molecular complexity index is 610. The zero-order valence-electron chi connectivity index (χ0n) is 12.3. The van der Waals surface area contributed by atoms with Gasteiger partial charge in [0.15, 0.2) is 0 Å². The van der Waals surface area contributed by atoms with Crippen molar-refractivity contribution in [3.8, 4) is 0 Å². The highest BCUT2D eigenvalue weighted by Crippen LogP contribution is 2.37. The average Bonchev–Trinajstić information content (AvgIpc) is 2.37. The fourth-order valence-electron chi connectivity index (χ4n) is 2.97. The topological polar surface area (TPSA) is 74.7 Å². The molecule has 1 aromatic rings. The molecule has 0 aromatic heterocycles. The van der Waals surface area contributed by atoms with Crippen molar-refractivity contribution in [1.29, 1.82) is 0 Å². The van der Waals surface area contributed by atoms with Gasteiger partial charge in [0.1, 0.15) is 6.04 Å². The van der Waals surface area contributed by atoms with Crippen LogP contribution in [-0.4, -0.2) is 36.4 Å². The normalized spacial score (nSPS) is 22.9. The fraction of sp³-hybridized carbons (Fsp3) is 0.533. The predicted octanol–water partition coefficient (Wildman–Crippen LogP) is 2.09. The Morgan fingerprint density at radius 3 is 2.52 bits per heavy atom. The number of carboxylic acids is 1.